The van der Waals surface area contributed by atoms with Gasteiger partial charge in [-0.3, -0.25) is 4.79 Å². The van der Waals surface area contributed by atoms with E-state index >= 15 is 0 Å². The molecule has 1 fully saturated rings. The van der Waals surface area contributed by atoms with Gasteiger partial charge >= 0.3 is 0 Å². The van der Waals surface area contributed by atoms with Crippen LogP contribution < -0.4 is 10.1 Å². The predicted molar refractivity (Wildman–Crippen MR) is 102 cm³/mol. The number of rotatable bonds is 7. The Morgan fingerprint density at radius 3 is 2.79 bits per heavy atom. The van der Waals surface area contributed by atoms with Gasteiger partial charge in [-0.2, -0.15) is 0 Å². The van der Waals surface area contributed by atoms with Crippen molar-refractivity contribution in [2.75, 3.05) is 6.54 Å². The van der Waals surface area contributed by atoms with E-state index in [4.69, 9.17) is 9.26 Å². The lowest BCUT2D eigenvalue weighted by Gasteiger charge is -2.56. The molecule has 3 aliphatic carbocycles. The number of benzene rings is 1. The number of nitrogens with zero attached hydrogens (tertiary/aromatic N) is 1. The van der Waals surface area contributed by atoms with Crippen LogP contribution in [0.25, 0.3) is 0 Å². The van der Waals surface area contributed by atoms with Crippen molar-refractivity contribution in [3.8, 4) is 5.75 Å². The van der Waals surface area contributed by atoms with Crippen LogP contribution in [0.5, 0.6) is 5.75 Å². The number of amides is 1. The lowest BCUT2D eigenvalue weighted by atomic mass is 9.48. The molecule has 2 bridgehead atoms. The third-order valence-electron chi connectivity index (χ3n) is 6.35. The Morgan fingerprint density at radius 2 is 2.10 bits per heavy atom. The molecule has 1 saturated carbocycles. The fourth-order valence-corrected chi connectivity index (χ4v) is 4.42. The monoisotopic (exact) mass is 402 g/mol. The molecule has 5 rings (SSSR count). The Hall–Kier alpha value is -2.70. The Balaban J connectivity index is 1.27. The molecule has 3 aliphatic rings. The summed E-state index contributed by atoms with van der Waals surface area (Å²) < 4.78 is 37.3. The van der Waals surface area contributed by atoms with E-state index < -0.39 is 17.4 Å². The van der Waals surface area contributed by atoms with Crippen molar-refractivity contribution in [2.24, 2.45) is 17.3 Å². The van der Waals surface area contributed by atoms with Crippen LogP contribution >= 0.6 is 0 Å². The lowest BCUT2D eigenvalue weighted by molar-refractivity contribution is -0.00811. The molecular weight excluding hydrogens is 378 g/mol. The van der Waals surface area contributed by atoms with E-state index in [-0.39, 0.29) is 24.0 Å². The molecule has 0 spiro atoms. The van der Waals surface area contributed by atoms with E-state index in [0.29, 0.717) is 17.9 Å². The standard InChI is InChI=1S/C22H24F2N2O3/c1-22(2)14-7-6-13(16(22)10-14)8-9-25-21(27)19-11-15(29-26-19)12-28-20-17(23)4-3-5-18(20)24/h3-6,11,14,16H,7-10,12H2,1-2H3,(H,25,27)/t14-,16-/m0/s1. The highest BCUT2D eigenvalue weighted by Crippen LogP contribution is 2.59. The van der Waals surface area contributed by atoms with Crippen LogP contribution in [-0.4, -0.2) is 17.6 Å². The molecule has 1 aromatic carbocycles. The number of carbonyl (C=O) groups excluding carboxylic acids is 1. The van der Waals surface area contributed by atoms with Gasteiger partial charge in [0, 0.05) is 12.6 Å². The van der Waals surface area contributed by atoms with Crippen molar-refractivity contribution in [2.45, 2.75) is 39.7 Å². The molecule has 7 heteroatoms. The second-order valence-electron chi connectivity index (χ2n) is 8.35. The largest absolute Gasteiger partial charge is 0.479 e. The highest BCUT2D eigenvalue weighted by atomic mass is 19.1. The number of fused-ring (bicyclic) bond motifs is 1. The number of para-hydroxylation sites is 1. The third kappa shape index (κ3) is 3.78. The van der Waals surface area contributed by atoms with Crippen LogP contribution in [0.1, 0.15) is 49.4 Å². The number of allylic oxidation sites excluding steroid dienone is 1. The summed E-state index contributed by atoms with van der Waals surface area (Å²) in [4.78, 5) is 12.3. The van der Waals surface area contributed by atoms with E-state index in [0.717, 1.165) is 30.9 Å². The molecule has 29 heavy (non-hydrogen) atoms. The van der Waals surface area contributed by atoms with E-state index in [2.05, 4.69) is 30.4 Å². The van der Waals surface area contributed by atoms with Gasteiger partial charge in [0.05, 0.1) is 0 Å². The van der Waals surface area contributed by atoms with Crippen LogP contribution in [-0.2, 0) is 6.61 Å². The molecule has 5 nitrogen and oxygen atoms in total. The number of hydrogen-bond donors (Lipinski definition) is 1. The van der Waals surface area contributed by atoms with Gasteiger partial charge in [-0.15, -0.1) is 0 Å². The molecule has 0 radical (unpaired) electrons. The summed E-state index contributed by atoms with van der Waals surface area (Å²) in [6.07, 6.45) is 5.53. The van der Waals surface area contributed by atoms with Crippen molar-refractivity contribution in [3.63, 3.8) is 0 Å². The first-order chi connectivity index (χ1) is 13.9. The average molecular weight is 402 g/mol. The van der Waals surface area contributed by atoms with Gasteiger partial charge in [0.2, 0.25) is 0 Å². The van der Waals surface area contributed by atoms with Gasteiger partial charge < -0.3 is 14.6 Å². The van der Waals surface area contributed by atoms with Gasteiger partial charge in [-0.1, -0.05) is 36.7 Å². The van der Waals surface area contributed by atoms with E-state index in [1.165, 1.54) is 24.1 Å². The number of nitrogens with one attached hydrogen (secondary N) is 1. The van der Waals surface area contributed by atoms with E-state index in [1.807, 2.05) is 0 Å². The van der Waals surface area contributed by atoms with Gasteiger partial charge in [0.25, 0.3) is 5.91 Å². The minimum atomic E-state index is -0.805. The molecular formula is C22H24F2N2O3. The Kier molecular flexibility index (Phi) is 5.15. The molecule has 0 unspecified atom stereocenters. The second kappa shape index (κ2) is 7.61. The molecule has 1 N–H and O–H groups in total. The fourth-order valence-electron chi connectivity index (χ4n) is 4.42. The predicted octanol–water partition coefficient (Wildman–Crippen LogP) is 4.64. The third-order valence-corrected chi connectivity index (χ3v) is 6.35. The van der Waals surface area contributed by atoms with Crippen LogP contribution in [0.4, 0.5) is 8.78 Å². The highest BCUT2D eigenvalue weighted by Gasteiger charge is 2.50. The summed E-state index contributed by atoms with van der Waals surface area (Å²) in [5.41, 5.74) is 1.91. The molecule has 1 aromatic heterocycles. The van der Waals surface area contributed by atoms with Crippen molar-refractivity contribution in [1.82, 2.24) is 10.5 Å². The first-order valence-corrected chi connectivity index (χ1v) is 9.85. The van der Waals surface area contributed by atoms with Gasteiger partial charge in [-0.05, 0) is 48.6 Å². The Bertz CT molecular complexity index is 931. The zero-order valence-electron chi connectivity index (χ0n) is 16.5. The van der Waals surface area contributed by atoms with Crippen molar-refractivity contribution in [1.29, 1.82) is 0 Å². The highest BCUT2D eigenvalue weighted by molar-refractivity contribution is 5.92. The Labute approximate surface area is 168 Å². The first kappa shape index (κ1) is 19.6. The summed E-state index contributed by atoms with van der Waals surface area (Å²) in [5.74, 6) is -0.834. The minimum Gasteiger partial charge on any atom is -0.479 e. The summed E-state index contributed by atoms with van der Waals surface area (Å²) in [5, 5.41) is 6.57. The quantitative estimate of drug-likeness (QED) is 0.685. The van der Waals surface area contributed by atoms with Gasteiger partial charge in [0.15, 0.2) is 28.8 Å². The lowest BCUT2D eigenvalue weighted by Crippen LogP contribution is -2.48. The number of hydrogen-bond acceptors (Lipinski definition) is 4. The van der Waals surface area contributed by atoms with E-state index in [1.54, 1.807) is 0 Å². The summed E-state index contributed by atoms with van der Waals surface area (Å²) in [6, 6.07) is 4.87. The number of halogens is 2. The maximum absolute atomic E-state index is 13.6. The van der Waals surface area contributed by atoms with Crippen LogP contribution in [0, 0.1) is 28.9 Å². The smallest absolute Gasteiger partial charge is 0.273 e. The Morgan fingerprint density at radius 1 is 1.34 bits per heavy atom. The van der Waals surface area contributed by atoms with Crippen molar-refractivity contribution >= 4 is 5.91 Å². The fraction of sp³-hybridized carbons (Fsp3) is 0.455. The zero-order chi connectivity index (χ0) is 20.6. The topological polar surface area (TPSA) is 64.4 Å². The van der Waals surface area contributed by atoms with Crippen molar-refractivity contribution in [3.05, 3.63) is 59.0 Å². The molecule has 2 atom stereocenters. The maximum Gasteiger partial charge on any atom is 0.273 e. The SMILES string of the molecule is CC1(C)[C@H]2CC=C(CCNC(=O)c3cc(COc4c(F)cccc4F)on3)[C@@H]1C2. The number of aromatic nitrogens is 1. The summed E-state index contributed by atoms with van der Waals surface area (Å²) in [6.45, 7) is 4.94. The first-order valence-electron chi connectivity index (χ1n) is 9.85. The van der Waals surface area contributed by atoms with Gasteiger partial charge in [-0.25, -0.2) is 8.78 Å². The average Bonchev–Trinajstić information content (AvgIpc) is 3.16. The maximum atomic E-state index is 13.6. The minimum absolute atomic E-state index is 0.110. The van der Waals surface area contributed by atoms with Crippen LogP contribution in [0.3, 0.4) is 0 Å². The second-order valence-corrected chi connectivity index (χ2v) is 8.35. The molecule has 0 saturated heterocycles. The van der Waals surface area contributed by atoms with Gasteiger partial charge in [0.1, 0.15) is 6.61 Å². The summed E-state index contributed by atoms with van der Waals surface area (Å²) >= 11 is 0. The number of carbonyl (C=O) groups is 1. The molecule has 1 heterocycles. The zero-order valence-corrected chi connectivity index (χ0v) is 16.5. The molecule has 2 aromatic rings. The summed E-state index contributed by atoms with van der Waals surface area (Å²) in [7, 11) is 0. The normalized spacial score (nSPS) is 21.9. The molecule has 154 valence electrons. The molecule has 0 aliphatic heterocycles. The molecule has 1 amide bonds. The number of ether oxygens (including phenoxy) is 1. The van der Waals surface area contributed by atoms with Crippen LogP contribution in [0.2, 0.25) is 0 Å². The van der Waals surface area contributed by atoms with E-state index in [9.17, 15) is 13.6 Å². The van der Waals surface area contributed by atoms with Crippen molar-refractivity contribution < 1.29 is 22.8 Å². The van der Waals surface area contributed by atoms with Crippen LogP contribution in [0.15, 0.2) is 40.4 Å².